The van der Waals surface area contributed by atoms with Crippen LogP contribution in [0.3, 0.4) is 0 Å². The molecule has 0 radical (unpaired) electrons. The van der Waals surface area contributed by atoms with Gasteiger partial charge in [-0.3, -0.25) is 9.69 Å². The summed E-state index contributed by atoms with van der Waals surface area (Å²) in [7, 11) is 0. The highest BCUT2D eigenvalue weighted by molar-refractivity contribution is 6.18. The van der Waals surface area contributed by atoms with Crippen LogP contribution in [0.1, 0.15) is 40.4 Å². The summed E-state index contributed by atoms with van der Waals surface area (Å²) in [4.78, 5) is 16.0. The van der Waals surface area contributed by atoms with E-state index in [0.29, 0.717) is 23.5 Å². The van der Waals surface area contributed by atoms with E-state index in [1.54, 1.807) is 0 Å². The Labute approximate surface area is 239 Å². The fraction of sp³-hybridized carbons (Fsp3) is 0.242. The topological polar surface area (TPSA) is 79.2 Å². The number of anilines is 1. The molecule has 40 heavy (non-hydrogen) atoms. The quantitative estimate of drug-likeness (QED) is 0.229. The van der Waals surface area contributed by atoms with Gasteiger partial charge in [0.15, 0.2) is 0 Å². The molecule has 7 heteroatoms. The summed E-state index contributed by atoms with van der Waals surface area (Å²) in [6.07, 6.45) is -0.693. The van der Waals surface area contributed by atoms with E-state index in [0.717, 1.165) is 22.4 Å². The molecule has 1 aliphatic heterocycles. The molecule has 0 spiro atoms. The van der Waals surface area contributed by atoms with Gasteiger partial charge in [-0.15, -0.1) is 11.6 Å². The van der Waals surface area contributed by atoms with Crippen molar-refractivity contribution in [2.24, 2.45) is 0 Å². The number of rotatable bonds is 11. The molecule has 0 saturated heterocycles. The van der Waals surface area contributed by atoms with Gasteiger partial charge in [-0.25, -0.2) is 0 Å². The first kappa shape index (κ1) is 27.7. The lowest BCUT2D eigenvalue weighted by atomic mass is 9.76. The smallest absolute Gasteiger partial charge is 0.260 e. The first-order valence-electron chi connectivity index (χ1n) is 13.4. The van der Waals surface area contributed by atoms with Gasteiger partial charge in [0.05, 0.1) is 12.0 Å². The Kier molecular flexibility index (Phi) is 8.40. The number of aliphatic hydroxyl groups excluding tert-OH is 2. The van der Waals surface area contributed by atoms with Gasteiger partial charge in [-0.1, -0.05) is 67.6 Å². The third-order valence-corrected chi connectivity index (χ3v) is 7.53. The second-order valence-corrected chi connectivity index (χ2v) is 10.1. The van der Waals surface area contributed by atoms with Crippen LogP contribution in [0.25, 0.3) is 0 Å². The van der Waals surface area contributed by atoms with E-state index in [1.807, 2.05) is 115 Å². The SMILES string of the molecule is CCC(O)COc1ccc(C2(c3ccc(OCC(O)CCl)cc3)c3ccccc3C(=O)N2c2ccccc2)cc1. The number of para-hydroxylation sites is 1. The zero-order chi connectivity index (χ0) is 28.1. The van der Waals surface area contributed by atoms with Crippen molar-refractivity contribution in [3.05, 3.63) is 125 Å². The summed E-state index contributed by atoms with van der Waals surface area (Å²) in [6.45, 7) is 2.20. The third-order valence-electron chi connectivity index (χ3n) is 7.18. The number of halogens is 1. The summed E-state index contributed by atoms with van der Waals surface area (Å²) >= 11 is 5.72. The molecule has 4 aromatic rings. The molecule has 1 amide bonds. The number of nitrogens with zero attached hydrogens (tertiary/aromatic N) is 1. The zero-order valence-electron chi connectivity index (χ0n) is 22.2. The Morgan fingerprint density at radius 2 is 1.27 bits per heavy atom. The number of amides is 1. The lowest BCUT2D eigenvalue weighted by Gasteiger charge is -2.40. The van der Waals surface area contributed by atoms with Gasteiger partial charge < -0.3 is 19.7 Å². The largest absolute Gasteiger partial charge is 0.491 e. The molecule has 1 heterocycles. The minimum absolute atomic E-state index is 0.0830. The van der Waals surface area contributed by atoms with Crippen molar-refractivity contribution in [1.29, 1.82) is 0 Å². The molecule has 0 bridgehead atoms. The van der Waals surface area contributed by atoms with Gasteiger partial charge in [0.2, 0.25) is 0 Å². The molecule has 0 fully saturated rings. The Morgan fingerprint density at radius 3 is 1.82 bits per heavy atom. The molecule has 6 nitrogen and oxygen atoms in total. The van der Waals surface area contributed by atoms with Gasteiger partial charge in [0, 0.05) is 11.3 Å². The van der Waals surface area contributed by atoms with Crippen LogP contribution in [-0.4, -0.2) is 47.4 Å². The van der Waals surface area contributed by atoms with E-state index in [1.165, 1.54) is 0 Å². The van der Waals surface area contributed by atoms with Crippen molar-refractivity contribution in [2.45, 2.75) is 31.1 Å². The summed E-state index contributed by atoms with van der Waals surface area (Å²) < 4.78 is 11.5. The molecule has 0 aliphatic carbocycles. The molecule has 3 atom stereocenters. The van der Waals surface area contributed by atoms with Crippen molar-refractivity contribution in [3.63, 3.8) is 0 Å². The number of fused-ring (bicyclic) bond motifs is 1. The standard InChI is InChI=1S/C33H32ClNO5/c1-2-26(36)21-39-28-16-12-23(13-17-28)33(24-14-18-29(19-15-24)40-22-27(37)20-34)31-11-7-6-10-30(31)32(38)35(33)25-8-4-3-5-9-25/h3-19,26-27,36-37H,2,20-22H2,1H3. The summed E-state index contributed by atoms with van der Waals surface area (Å²) in [6, 6.07) is 32.6. The molecular formula is C33H32ClNO5. The molecule has 0 saturated carbocycles. The van der Waals surface area contributed by atoms with E-state index < -0.39 is 17.7 Å². The fourth-order valence-electron chi connectivity index (χ4n) is 5.13. The number of benzene rings is 4. The highest BCUT2D eigenvalue weighted by Crippen LogP contribution is 2.51. The summed E-state index contributed by atoms with van der Waals surface area (Å²) in [5.74, 6) is 1.21. The molecule has 206 valence electrons. The lowest BCUT2D eigenvalue weighted by molar-refractivity contribution is 0.0986. The van der Waals surface area contributed by atoms with E-state index in [9.17, 15) is 15.0 Å². The van der Waals surface area contributed by atoms with E-state index in [4.69, 9.17) is 21.1 Å². The number of hydrogen-bond acceptors (Lipinski definition) is 5. The average Bonchev–Trinajstić information content (AvgIpc) is 3.28. The normalized spacial score (nSPS) is 17.8. The molecular weight excluding hydrogens is 526 g/mol. The van der Waals surface area contributed by atoms with Crippen LogP contribution in [0, 0.1) is 0 Å². The number of aliphatic hydroxyl groups is 2. The second-order valence-electron chi connectivity index (χ2n) is 9.77. The number of carbonyl (C=O) groups excluding carboxylic acids is 1. The fourth-order valence-corrected chi connectivity index (χ4v) is 5.22. The maximum Gasteiger partial charge on any atom is 0.260 e. The summed E-state index contributed by atoms with van der Waals surface area (Å²) in [5, 5.41) is 19.8. The minimum Gasteiger partial charge on any atom is -0.491 e. The van der Waals surface area contributed by atoms with E-state index in [2.05, 4.69) is 0 Å². The Bertz CT molecular complexity index is 1370. The van der Waals surface area contributed by atoms with Gasteiger partial charge >= 0.3 is 0 Å². The van der Waals surface area contributed by atoms with Gasteiger partial charge in [0.1, 0.15) is 36.4 Å². The van der Waals surface area contributed by atoms with Crippen molar-refractivity contribution in [3.8, 4) is 11.5 Å². The van der Waals surface area contributed by atoms with E-state index >= 15 is 0 Å². The molecule has 3 unspecified atom stereocenters. The summed E-state index contributed by atoms with van der Waals surface area (Å²) in [5.41, 5.74) is 3.03. The van der Waals surface area contributed by atoms with Crippen LogP contribution in [0.4, 0.5) is 5.69 Å². The maximum atomic E-state index is 14.1. The number of alkyl halides is 1. The van der Waals surface area contributed by atoms with Crippen LogP contribution in [0.2, 0.25) is 0 Å². The van der Waals surface area contributed by atoms with Gasteiger partial charge in [-0.2, -0.15) is 0 Å². The predicted octanol–water partition coefficient (Wildman–Crippen LogP) is 5.77. The second kappa shape index (κ2) is 12.1. The van der Waals surface area contributed by atoms with Crippen LogP contribution in [-0.2, 0) is 5.54 Å². The monoisotopic (exact) mass is 557 g/mol. The number of hydrogen-bond donors (Lipinski definition) is 2. The number of carbonyl (C=O) groups is 1. The first-order valence-corrected chi connectivity index (χ1v) is 13.9. The van der Waals surface area contributed by atoms with Crippen LogP contribution >= 0.6 is 11.6 Å². The van der Waals surface area contributed by atoms with Crippen molar-refractivity contribution >= 4 is 23.2 Å². The highest BCUT2D eigenvalue weighted by Gasteiger charge is 2.52. The van der Waals surface area contributed by atoms with Crippen LogP contribution in [0.5, 0.6) is 11.5 Å². The van der Waals surface area contributed by atoms with Crippen LogP contribution in [0.15, 0.2) is 103 Å². The van der Waals surface area contributed by atoms with Crippen molar-refractivity contribution < 1.29 is 24.5 Å². The Balaban J connectivity index is 1.66. The van der Waals surface area contributed by atoms with Gasteiger partial charge in [0.25, 0.3) is 5.91 Å². The Morgan fingerprint density at radius 1 is 0.750 bits per heavy atom. The van der Waals surface area contributed by atoms with E-state index in [-0.39, 0.29) is 25.0 Å². The Hall–Kier alpha value is -3.84. The molecule has 2 N–H and O–H groups in total. The van der Waals surface area contributed by atoms with Crippen LogP contribution < -0.4 is 14.4 Å². The van der Waals surface area contributed by atoms with Crippen molar-refractivity contribution in [2.75, 3.05) is 24.0 Å². The average molecular weight is 558 g/mol. The molecule has 0 aromatic heterocycles. The molecule has 5 rings (SSSR count). The molecule has 1 aliphatic rings. The minimum atomic E-state index is -0.981. The first-order chi connectivity index (χ1) is 19.5. The van der Waals surface area contributed by atoms with Crippen molar-refractivity contribution in [1.82, 2.24) is 0 Å². The van der Waals surface area contributed by atoms with Gasteiger partial charge in [-0.05, 0) is 65.6 Å². The number of ether oxygens (including phenoxy) is 2. The zero-order valence-corrected chi connectivity index (χ0v) is 23.0. The predicted molar refractivity (Wildman–Crippen MR) is 156 cm³/mol. The maximum absolute atomic E-state index is 14.1. The highest BCUT2D eigenvalue weighted by atomic mass is 35.5. The molecule has 4 aromatic carbocycles. The lowest BCUT2D eigenvalue weighted by Crippen LogP contribution is -2.46. The third kappa shape index (κ3) is 5.18.